The fraction of sp³-hybridized carbons (Fsp3) is 0.350. The number of Topliss-reactive ketones (excluding diaryl/α,β-unsaturated/α-hetero) is 1. The number of carbonyl (C=O) groups is 1. The van der Waals surface area contributed by atoms with Crippen LogP contribution in [0.1, 0.15) is 64.9 Å². The predicted octanol–water partition coefficient (Wildman–Crippen LogP) is 4.72. The van der Waals surface area contributed by atoms with E-state index in [-0.39, 0.29) is 11.9 Å². The molecule has 120 valence electrons. The number of ketones is 1. The molecule has 0 aromatic heterocycles. The average Bonchev–Trinajstić information content (AvgIpc) is 2.53. The Morgan fingerprint density at radius 1 is 1.17 bits per heavy atom. The highest BCUT2D eigenvalue weighted by atomic mass is 16.5. The third-order valence-corrected chi connectivity index (χ3v) is 4.75. The van der Waals surface area contributed by atoms with Crippen molar-refractivity contribution in [1.29, 1.82) is 0 Å². The summed E-state index contributed by atoms with van der Waals surface area (Å²) in [4.78, 5) is 12.5. The normalized spacial score (nSPS) is 17.1. The summed E-state index contributed by atoms with van der Waals surface area (Å²) in [6.45, 7) is 8.26. The van der Waals surface area contributed by atoms with Crippen LogP contribution in [0.15, 0.2) is 30.3 Å². The lowest BCUT2D eigenvalue weighted by Crippen LogP contribution is -2.22. The van der Waals surface area contributed by atoms with Crippen molar-refractivity contribution in [2.45, 2.75) is 46.1 Å². The number of carbonyl (C=O) groups excluding carboxylic acids is 1. The number of nitrogen functional groups attached to an aromatic ring is 1. The van der Waals surface area contributed by atoms with Crippen molar-refractivity contribution in [1.82, 2.24) is 0 Å². The van der Waals surface area contributed by atoms with Gasteiger partial charge in [0.2, 0.25) is 0 Å². The second kappa shape index (κ2) is 5.73. The third-order valence-electron chi connectivity index (χ3n) is 4.75. The number of benzene rings is 2. The Hall–Kier alpha value is -2.29. The van der Waals surface area contributed by atoms with Gasteiger partial charge in [0.05, 0.1) is 17.7 Å². The zero-order valence-electron chi connectivity index (χ0n) is 14.1. The Bertz CT molecular complexity index is 760. The number of anilines is 1. The standard InChI is InChI=1S/C20H23NO2/c1-11(2)14-5-7-15(8-6-14)18-10-17(22)16-9-12(3)13(4)19(21)20(16)23-18/h5-9,11,18H,10,21H2,1-4H3. The lowest BCUT2D eigenvalue weighted by atomic mass is 9.92. The fourth-order valence-corrected chi connectivity index (χ4v) is 3.00. The van der Waals surface area contributed by atoms with Gasteiger partial charge in [0.25, 0.3) is 0 Å². The quantitative estimate of drug-likeness (QED) is 0.817. The van der Waals surface area contributed by atoms with E-state index in [0.29, 0.717) is 29.3 Å². The maximum Gasteiger partial charge on any atom is 0.170 e. The van der Waals surface area contributed by atoms with E-state index in [2.05, 4.69) is 38.1 Å². The Labute approximate surface area is 137 Å². The van der Waals surface area contributed by atoms with E-state index in [1.54, 1.807) is 0 Å². The van der Waals surface area contributed by atoms with Gasteiger partial charge >= 0.3 is 0 Å². The molecule has 3 nitrogen and oxygen atoms in total. The van der Waals surface area contributed by atoms with Crippen LogP contribution in [0.2, 0.25) is 0 Å². The van der Waals surface area contributed by atoms with E-state index in [9.17, 15) is 4.79 Å². The van der Waals surface area contributed by atoms with Crippen molar-refractivity contribution in [3.63, 3.8) is 0 Å². The van der Waals surface area contributed by atoms with Crippen molar-refractivity contribution in [2.75, 3.05) is 5.73 Å². The number of rotatable bonds is 2. The molecule has 0 radical (unpaired) electrons. The van der Waals surface area contributed by atoms with Crippen LogP contribution in [-0.4, -0.2) is 5.78 Å². The molecular weight excluding hydrogens is 286 g/mol. The molecule has 1 atom stereocenters. The summed E-state index contributed by atoms with van der Waals surface area (Å²) in [6.07, 6.45) is 0.0938. The summed E-state index contributed by atoms with van der Waals surface area (Å²) in [7, 11) is 0. The molecule has 23 heavy (non-hydrogen) atoms. The topological polar surface area (TPSA) is 52.3 Å². The van der Waals surface area contributed by atoms with Gasteiger partial charge in [0, 0.05) is 0 Å². The Morgan fingerprint density at radius 2 is 1.83 bits per heavy atom. The van der Waals surface area contributed by atoms with Crippen LogP contribution in [0.3, 0.4) is 0 Å². The van der Waals surface area contributed by atoms with Crippen molar-refractivity contribution in [3.8, 4) is 5.75 Å². The van der Waals surface area contributed by atoms with Crippen molar-refractivity contribution in [3.05, 3.63) is 58.1 Å². The first kappa shape index (κ1) is 15.6. The lowest BCUT2D eigenvalue weighted by molar-refractivity contribution is 0.0851. The average molecular weight is 309 g/mol. The Morgan fingerprint density at radius 3 is 2.43 bits per heavy atom. The molecule has 0 saturated heterocycles. The van der Waals surface area contributed by atoms with Crippen LogP contribution in [-0.2, 0) is 0 Å². The highest BCUT2D eigenvalue weighted by Gasteiger charge is 2.30. The number of hydrogen-bond acceptors (Lipinski definition) is 3. The predicted molar refractivity (Wildman–Crippen MR) is 93.2 cm³/mol. The smallest absolute Gasteiger partial charge is 0.170 e. The van der Waals surface area contributed by atoms with Gasteiger partial charge in [0.1, 0.15) is 6.10 Å². The summed E-state index contributed by atoms with van der Waals surface area (Å²) in [5.41, 5.74) is 11.7. The van der Waals surface area contributed by atoms with Gasteiger partial charge in [-0.1, -0.05) is 38.1 Å². The maximum absolute atomic E-state index is 12.5. The molecule has 0 amide bonds. The maximum atomic E-state index is 12.5. The molecule has 1 aliphatic heterocycles. The summed E-state index contributed by atoms with van der Waals surface area (Å²) in [5.74, 6) is 1.13. The molecule has 1 aliphatic rings. The molecule has 1 unspecified atom stereocenters. The van der Waals surface area contributed by atoms with Crippen LogP contribution in [0.4, 0.5) is 5.69 Å². The van der Waals surface area contributed by atoms with E-state index in [1.807, 2.05) is 19.9 Å². The van der Waals surface area contributed by atoms with E-state index in [0.717, 1.165) is 16.7 Å². The number of aryl methyl sites for hydroxylation is 1. The fourth-order valence-electron chi connectivity index (χ4n) is 3.00. The SMILES string of the molecule is Cc1cc2c(c(N)c1C)OC(c1ccc(C(C)C)cc1)CC2=O. The summed E-state index contributed by atoms with van der Waals surface area (Å²) in [5, 5.41) is 0. The first-order valence-electron chi connectivity index (χ1n) is 8.08. The minimum Gasteiger partial charge on any atom is -0.482 e. The molecule has 1 heterocycles. The van der Waals surface area contributed by atoms with E-state index in [4.69, 9.17) is 10.5 Å². The molecule has 3 heteroatoms. The van der Waals surface area contributed by atoms with E-state index < -0.39 is 0 Å². The largest absolute Gasteiger partial charge is 0.482 e. The highest BCUT2D eigenvalue weighted by molar-refractivity contribution is 6.02. The zero-order chi connectivity index (χ0) is 16.7. The molecule has 0 saturated carbocycles. The molecule has 2 N–H and O–H groups in total. The number of fused-ring (bicyclic) bond motifs is 1. The van der Waals surface area contributed by atoms with Gasteiger partial charge in [-0.25, -0.2) is 0 Å². The Kier molecular flexibility index (Phi) is 3.88. The van der Waals surface area contributed by atoms with Crippen LogP contribution < -0.4 is 10.5 Å². The first-order valence-corrected chi connectivity index (χ1v) is 8.08. The zero-order valence-corrected chi connectivity index (χ0v) is 14.1. The van der Waals surface area contributed by atoms with Crippen LogP contribution in [0.25, 0.3) is 0 Å². The van der Waals surface area contributed by atoms with Crippen LogP contribution >= 0.6 is 0 Å². The summed E-state index contributed by atoms with van der Waals surface area (Å²) >= 11 is 0. The van der Waals surface area contributed by atoms with Gasteiger partial charge in [-0.15, -0.1) is 0 Å². The van der Waals surface area contributed by atoms with Gasteiger partial charge in [-0.05, 0) is 48.1 Å². The third kappa shape index (κ3) is 2.72. The van der Waals surface area contributed by atoms with Crippen molar-refractivity contribution < 1.29 is 9.53 Å². The minimum atomic E-state index is -0.263. The summed E-state index contributed by atoms with van der Waals surface area (Å²) < 4.78 is 6.11. The minimum absolute atomic E-state index is 0.0963. The second-order valence-electron chi connectivity index (χ2n) is 6.66. The molecule has 2 aromatic carbocycles. The molecule has 0 spiro atoms. The Balaban J connectivity index is 1.97. The van der Waals surface area contributed by atoms with Crippen molar-refractivity contribution >= 4 is 11.5 Å². The van der Waals surface area contributed by atoms with E-state index in [1.165, 1.54) is 5.56 Å². The van der Waals surface area contributed by atoms with Crippen molar-refractivity contribution in [2.24, 2.45) is 0 Å². The second-order valence-corrected chi connectivity index (χ2v) is 6.66. The van der Waals surface area contributed by atoms with Gasteiger partial charge in [-0.2, -0.15) is 0 Å². The van der Waals surface area contributed by atoms with Crippen LogP contribution in [0, 0.1) is 13.8 Å². The highest BCUT2D eigenvalue weighted by Crippen LogP contribution is 2.41. The number of hydrogen-bond donors (Lipinski definition) is 1. The van der Waals surface area contributed by atoms with Crippen LogP contribution in [0.5, 0.6) is 5.75 Å². The van der Waals surface area contributed by atoms with Gasteiger partial charge in [0.15, 0.2) is 11.5 Å². The van der Waals surface area contributed by atoms with Gasteiger partial charge < -0.3 is 10.5 Å². The molecule has 3 rings (SSSR count). The molecule has 2 aromatic rings. The van der Waals surface area contributed by atoms with E-state index >= 15 is 0 Å². The number of nitrogens with two attached hydrogens (primary N) is 1. The monoisotopic (exact) mass is 309 g/mol. The first-order chi connectivity index (χ1) is 10.9. The molecule has 0 fully saturated rings. The molecule has 0 bridgehead atoms. The molecular formula is C20H23NO2. The molecule has 0 aliphatic carbocycles. The summed E-state index contributed by atoms with van der Waals surface area (Å²) in [6, 6.07) is 10.2. The van der Waals surface area contributed by atoms with Gasteiger partial charge in [-0.3, -0.25) is 4.79 Å². The lowest BCUT2D eigenvalue weighted by Gasteiger charge is -2.28. The number of ether oxygens (including phenoxy) is 1.